The Kier molecular flexibility index (Phi) is 3.64. The molecule has 1 saturated carbocycles. The van der Waals surface area contributed by atoms with Crippen molar-refractivity contribution in [3.05, 3.63) is 20.8 Å². The van der Waals surface area contributed by atoms with Crippen LogP contribution in [0.4, 0.5) is 0 Å². The van der Waals surface area contributed by atoms with Gasteiger partial charge in [0.05, 0.1) is 10.4 Å². The molecule has 18 heavy (non-hydrogen) atoms. The second kappa shape index (κ2) is 4.90. The molecule has 0 aliphatic heterocycles. The summed E-state index contributed by atoms with van der Waals surface area (Å²) in [7, 11) is 0. The molecule has 98 valence electrons. The van der Waals surface area contributed by atoms with Gasteiger partial charge in [-0.2, -0.15) is 0 Å². The van der Waals surface area contributed by atoms with Crippen molar-refractivity contribution in [2.24, 2.45) is 5.41 Å². The van der Waals surface area contributed by atoms with Crippen LogP contribution < -0.4 is 5.32 Å². The van der Waals surface area contributed by atoms with Gasteiger partial charge in [0.2, 0.25) is 0 Å². The van der Waals surface area contributed by atoms with Crippen LogP contribution in [0.15, 0.2) is 5.38 Å². The smallest absolute Gasteiger partial charge is 0.311 e. The zero-order valence-corrected chi connectivity index (χ0v) is 11.5. The van der Waals surface area contributed by atoms with E-state index in [0.717, 1.165) is 12.0 Å². The summed E-state index contributed by atoms with van der Waals surface area (Å²) in [6.07, 6.45) is 2.15. The first-order valence-electron chi connectivity index (χ1n) is 5.71. The summed E-state index contributed by atoms with van der Waals surface area (Å²) >= 11 is 7.27. The van der Waals surface area contributed by atoms with Gasteiger partial charge in [-0.25, -0.2) is 0 Å². The van der Waals surface area contributed by atoms with E-state index in [1.807, 2.05) is 12.3 Å². The number of halogens is 1. The predicted molar refractivity (Wildman–Crippen MR) is 70.3 cm³/mol. The lowest BCUT2D eigenvalue weighted by Crippen LogP contribution is -2.47. The number of aliphatic carboxylic acids is 1. The van der Waals surface area contributed by atoms with Gasteiger partial charge in [0.1, 0.15) is 4.88 Å². The molecule has 0 unspecified atom stereocenters. The number of rotatable bonds is 4. The molecule has 0 atom stereocenters. The summed E-state index contributed by atoms with van der Waals surface area (Å²) in [5, 5.41) is 14.1. The number of nitrogens with one attached hydrogen (secondary N) is 1. The molecular formula is C12H14ClNO3S. The fourth-order valence-corrected chi connectivity index (χ4v) is 3.18. The van der Waals surface area contributed by atoms with Crippen molar-refractivity contribution in [1.29, 1.82) is 0 Å². The van der Waals surface area contributed by atoms with Crippen molar-refractivity contribution in [3.8, 4) is 0 Å². The second-order valence-electron chi connectivity index (χ2n) is 4.68. The van der Waals surface area contributed by atoms with Crippen LogP contribution >= 0.6 is 22.9 Å². The van der Waals surface area contributed by atoms with E-state index < -0.39 is 11.4 Å². The average Bonchev–Trinajstić information content (AvgIpc) is 2.57. The number of carbonyl (C=O) groups is 2. The standard InChI is InChI=1S/C12H14ClNO3S/c1-7-5-18-9(8(7)13)10(15)14-6-12(11(16)17)3-2-4-12/h5H,2-4,6H2,1H3,(H,14,15)(H,16,17). The normalized spacial score (nSPS) is 17.0. The van der Waals surface area contributed by atoms with E-state index in [-0.39, 0.29) is 12.5 Å². The molecule has 1 aliphatic rings. The van der Waals surface area contributed by atoms with Gasteiger partial charge in [0.25, 0.3) is 5.91 Å². The number of hydrogen-bond donors (Lipinski definition) is 2. The Hall–Kier alpha value is -1.07. The van der Waals surface area contributed by atoms with Crippen LogP contribution in [0, 0.1) is 12.3 Å². The highest BCUT2D eigenvalue weighted by Crippen LogP contribution is 2.40. The molecule has 1 aliphatic carbocycles. The molecule has 1 aromatic heterocycles. The van der Waals surface area contributed by atoms with Gasteiger partial charge in [0, 0.05) is 6.54 Å². The highest BCUT2D eigenvalue weighted by atomic mass is 35.5. The lowest BCUT2D eigenvalue weighted by atomic mass is 9.69. The number of aryl methyl sites for hydroxylation is 1. The summed E-state index contributed by atoms with van der Waals surface area (Å²) in [5.41, 5.74) is 0.0949. The molecule has 1 fully saturated rings. The molecule has 0 radical (unpaired) electrons. The van der Waals surface area contributed by atoms with Gasteiger partial charge >= 0.3 is 5.97 Å². The molecule has 4 nitrogen and oxygen atoms in total. The van der Waals surface area contributed by atoms with Crippen LogP contribution in [-0.4, -0.2) is 23.5 Å². The van der Waals surface area contributed by atoms with Crippen LogP contribution in [0.1, 0.15) is 34.5 Å². The summed E-state index contributed by atoms with van der Waals surface area (Å²) in [6, 6.07) is 0. The SMILES string of the molecule is Cc1csc(C(=O)NCC2(C(=O)O)CCC2)c1Cl. The Balaban J connectivity index is 2.00. The molecule has 0 saturated heterocycles. The Morgan fingerprint density at radius 1 is 1.56 bits per heavy atom. The van der Waals surface area contributed by atoms with Gasteiger partial charge in [-0.3, -0.25) is 9.59 Å². The maximum atomic E-state index is 11.9. The fourth-order valence-electron chi connectivity index (χ4n) is 1.98. The predicted octanol–water partition coefficient (Wildman–Crippen LogP) is 2.69. The van der Waals surface area contributed by atoms with Crippen molar-refractivity contribution in [1.82, 2.24) is 5.32 Å². The molecule has 0 bridgehead atoms. The first kappa shape index (κ1) is 13.4. The summed E-state index contributed by atoms with van der Waals surface area (Å²) in [6.45, 7) is 2.01. The number of carbonyl (C=O) groups excluding carboxylic acids is 1. The van der Waals surface area contributed by atoms with E-state index in [4.69, 9.17) is 16.7 Å². The van der Waals surface area contributed by atoms with E-state index in [0.29, 0.717) is 22.7 Å². The molecular weight excluding hydrogens is 274 g/mol. The maximum Gasteiger partial charge on any atom is 0.311 e. The lowest BCUT2D eigenvalue weighted by molar-refractivity contribution is -0.153. The number of carboxylic acid groups (broad SMARTS) is 1. The van der Waals surface area contributed by atoms with Gasteiger partial charge in [-0.1, -0.05) is 18.0 Å². The quantitative estimate of drug-likeness (QED) is 0.895. The van der Waals surface area contributed by atoms with Gasteiger partial charge < -0.3 is 10.4 Å². The van der Waals surface area contributed by atoms with Crippen LogP contribution in [0.2, 0.25) is 5.02 Å². The third-order valence-corrected chi connectivity index (χ3v) is 5.15. The summed E-state index contributed by atoms with van der Waals surface area (Å²) in [4.78, 5) is 23.5. The Bertz CT molecular complexity index is 494. The summed E-state index contributed by atoms with van der Waals surface area (Å²) in [5.74, 6) is -1.12. The van der Waals surface area contributed by atoms with E-state index in [2.05, 4.69) is 5.32 Å². The van der Waals surface area contributed by atoms with Crippen LogP contribution in [0.3, 0.4) is 0 Å². The third kappa shape index (κ3) is 2.24. The molecule has 2 rings (SSSR count). The zero-order chi connectivity index (χ0) is 13.3. The van der Waals surface area contributed by atoms with E-state index >= 15 is 0 Å². The zero-order valence-electron chi connectivity index (χ0n) is 9.96. The molecule has 6 heteroatoms. The highest BCUT2D eigenvalue weighted by Gasteiger charge is 2.44. The van der Waals surface area contributed by atoms with Gasteiger partial charge in [0.15, 0.2) is 0 Å². The minimum absolute atomic E-state index is 0.175. The molecule has 2 N–H and O–H groups in total. The van der Waals surface area contributed by atoms with E-state index in [9.17, 15) is 9.59 Å². The van der Waals surface area contributed by atoms with Crippen molar-refractivity contribution in [2.45, 2.75) is 26.2 Å². The number of hydrogen-bond acceptors (Lipinski definition) is 3. The topological polar surface area (TPSA) is 66.4 Å². The van der Waals surface area contributed by atoms with E-state index in [1.54, 1.807) is 0 Å². The van der Waals surface area contributed by atoms with Crippen LogP contribution in [0.5, 0.6) is 0 Å². The fraction of sp³-hybridized carbons (Fsp3) is 0.500. The largest absolute Gasteiger partial charge is 0.481 e. The van der Waals surface area contributed by atoms with Crippen molar-refractivity contribution < 1.29 is 14.7 Å². The van der Waals surface area contributed by atoms with Crippen molar-refractivity contribution in [2.75, 3.05) is 6.54 Å². The first-order valence-corrected chi connectivity index (χ1v) is 6.97. The first-order chi connectivity index (χ1) is 8.46. The minimum Gasteiger partial charge on any atom is -0.481 e. The summed E-state index contributed by atoms with van der Waals surface area (Å²) < 4.78 is 0. The van der Waals surface area contributed by atoms with Gasteiger partial charge in [-0.15, -0.1) is 11.3 Å². The number of thiophene rings is 1. The number of amides is 1. The average molecular weight is 288 g/mol. The monoisotopic (exact) mass is 287 g/mol. The Labute approximate surface area is 114 Å². The molecule has 1 aromatic rings. The molecule has 0 spiro atoms. The third-order valence-electron chi connectivity index (χ3n) is 3.46. The Morgan fingerprint density at radius 3 is 2.61 bits per heavy atom. The molecule has 1 heterocycles. The van der Waals surface area contributed by atoms with Crippen LogP contribution in [-0.2, 0) is 4.79 Å². The van der Waals surface area contributed by atoms with Gasteiger partial charge in [-0.05, 0) is 30.7 Å². The van der Waals surface area contributed by atoms with Crippen molar-refractivity contribution >= 4 is 34.8 Å². The lowest BCUT2D eigenvalue weighted by Gasteiger charge is -2.37. The molecule has 1 amide bonds. The maximum absolute atomic E-state index is 11.9. The van der Waals surface area contributed by atoms with Crippen LogP contribution in [0.25, 0.3) is 0 Å². The Morgan fingerprint density at radius 2 is 2.22 bits per heavy atom. The highest BCUT2D eigenvalue weighted by molar-refractivity contribution is 7.13. The van der Waals surface area contributed by atoms with Crippen molar-refractivity contribution in [3.63, 3.8) is 0 Å². The molecule has 0 aromatic carbocycles. The number of carboxylic acids is 1. The minimum atomic E-state index is -0.831. The second-order valence-corrected chi connectivity index (χ2v) is 5.94. The van der Waals surface area contributed by atoms with E-state index in [1.165, 1.54) is 11.3 Å².